The van der Waals surface area contributed by atoms with Crippen LogP contribution in [0.1, 0.15) is 33.1 Å². The lowest BCUT2D eigenvalue weighted by molar-refractivity contribution is -0.155. The molecule has 1 N–H and O–H groups in total. The molecule has 2 saturated heterocycles. The first kappa shape index (κ1) is 26.4. The first-order valence-corrected chi connectivity index (χ1v) is 13.4. The number of ether oxygens (including phenoxy) is 3. The van der Waals surface area contributed by atoms with Crippen molar-refractivity contribution in [1.29, 1.82) is 0 Å². The number of benzene rings is 1. The van der Waals surface area contributed by atoms with Crippen molar-refractivity contribution in [2.45, 2.75) is 56.9 Å². The number of hydrogen-bond donors (Lipinski definition) is 1. The van der Waals surface area contributed by atoms with E-state index in [1.807, 2.05) is 32.1 Å². The minimum Gasteiger partial charge on any atom is -0.497 e. The normalized spacial score (nSPS) is 32.8. The van der Waals surface area contributed by atoms with E-state index >= 15 is 0 Å². The minimum atomic E-state index is -1.37. The van der Waals surface area contributed by atoms with Crippen LogP contribution < -0.4 is 9.64 Å². The highest BCUT2D eigenvalue weighted by molar-refractivity contribution is 6.05. The Bertz CT molecular complexity index is 1130. The monoisotopic (exact) mass is 524 g/mol. The Balaban J connectivity index is 1.63. The topological polar surface area (TPSA) is 106 Å². The number of likely N-dealkylation sites (tertiary alicyclic amines) is 1. The van der Waals surface area contributed by atoms with Crippen molar-refractivity contribution < 1.29 is 33.7 Å². The number of aliphatic hydroxyl groups is 1. The second-order valence-electron chi connectivity index (χ2n) is 10.7. The summed E-state index contributed by atoms with van der Waals surface area (Å²) in [5.74, 6) is -2.49. The van der Waals surface area contributed by atoms with Crippen LogP contribution in [0.5, 0.6) is 5.75 Å². The van der Waals surface area contributed by atoms with E-state index in [9.17, 15) is 19.5 Å². The summed E-state index contributed by atoms with van der Waals surface area (Å²) in [5.41, 5.74) is -0.723. The van der Waals surface area contributed by atoms with Gasteiger partial charge in [0.15, 0.2) is 0 Å². The molecule has 6 atom stereocenters. The molecule has 1 unspecified atom stereocenters. The fourth-order valence-electron chi connectivity index (χ4n) is 6.33. The van der Waals surface area contributed by atoms with Gasteiger partial charge in [0.1, 0.15) is 23.3 Å². The summed E-state index contributed by atoms with van der Waals surface area (Å²) in [6, 6.07) is 5.46. The molecule has 4 heterocycles. The molecular weight excluding hydrogens is 488 g/mol. The van der Waals surface area contributed by atoms with Gasteiger partial charge in [0.2, 0.25) is 5.91 Å². The van der Waals surface area contributed by atoms with Gasteiger partial charge in [-0.2, -0.15) is 0 Å². The van der Waals surface area contributed by atoms with E-state index in [0.717, 1.165) is 19.3 Å². The van der Waals surface area contributed by atoms with Crippen molar-refractivity contribution in [3.63, 3.8) is 0 Å². The number of hydrogen-bond acceptors (Lipinski definition) is 7. The van der Waals surface area contributed by atoms with E-state index < -0.39 is 41.6 Å². The number of fused-ring (bicyclic) bond motifs is 2. The lowest BCUT2D eigenvalue weighted by Gasteiger charge is -2.39. The third-order valence-corrected chi connectivity index (χ3v) is 8.24. The van der Waals surface area contributed by atoms with Crippen LogP contribution in [0.2, 0.25) is 0 Å². The maximum atomic E-state index is 14.4. The molecule has 0 bridgehead atoms. The Morgan fingerprint density at radius 3 is 2.55 bits per heavy atom. The number of nitrogens with zero attached hydrogens (tertiary/aromatic N) is 2. The highest BCUT2D eigenvalue weighted by Crippen LogP contribution is 2.54. The molecule has 0 saturated carbocycles. The van der Waals surface area contributed by atoms with Gasteiger partial charge in [0.05, 0.1) is 38.4 Å². The van der Waals surface area contributed by atoms with E-state index in [0.29, 0.717) is 11.4 Å². The van der Waals surface area contributed by atoms with Crippen molar-refractivity contribution in [3.8, 4) is 5.75 Å². The SMILES string of the molecule is COc1ccc(N2CC=C[C@]34O[C@@H]5/C=C\CCCCOC(=O)[C@@H]5[C@H]3C(=O)N([C@@H](CO)C(C)C)C4C2=O)cc1. The van der Waals surface area contributed by atoms with Gasteiger partial charge < -0.3 is 29.1 Å². The van der Waals surface area contributed by atoms with Gasteiger partial charge in [-0.15, -0.1) is 0 Å². The van der Waals surface area contributed by atoms with Gasteiger partial charge in [0, 0.05) is 12.2 Å². The Kier molecular flexibility index (Phi) is 7.33. The molecule has 9 heteroatoms. The van der Waals surface area contributed by atoms with E-state index in [-0.39, 0.29) is 37.5 Å². The summed E-state index contributed by atoms with van der Waals surface area (Å²) in [7, 11) is 1.58. The predicted molar refractivity (Wildman–Crippen MR) is 139 cm³/mol. The van der Waals surface area contributed by atoms with Crippen molar-refractivity contribution in [3.05, 3.63) is 48.6 Å². The van der Waals surface area contributed by atoms with Crippen LogP contribution in [-0.2, 0) is 23.9 Å². The van der Waals surface area contributed by atoms with Gasteiger partial charge in [-0.1, -0.05) is 38.2 Å². The van der Waals surface area contributed by atoms with Gasteiger partial charge in [-0.25, -0.2) is 0 Å². The third-order valence-electron chi connectivity index (χ3n) is 8.24. The molecule has 5 rings (SSSR count). The number of rotatable bonds is 5. The van der Waals surface area contributed by atoms with Crippen molar-refractivity contribution in [2.24, 2.45) is 17.8 Å². The Morgan fingerprint density at radius 1 is 1.11 bits per heavy atom. The number of carbonyl (C=O) groups excluding carboxylic acids is 3. The summed E-state index contributed by atoms with van der Waals surface area (Å²) in [6.07, 6.45) is 9.19. The standard InChI is InChI=1S/C29H36N2O7/c1-18(2)21(17-32)31-25-27(34)30(19-10-12-20(36-3)13-11-19)15-8-14-29(25)24(26(31)33)23-22(38-29)9-6-4-5-7-16-37-28(23)35/h6,8-14,18,21-25,32H,4-5,7,15-17H2,1-3H3/b9-6-/t21-,22+,23-,24-,25?,29-/m0/s1. The summed E-state index contributed by atoms with van der Waals surface area (Å²) >= 11 is 0. The number of amides is 2. The maximum Gasteiger partial charge on any atom is 0.312 e. The van der Waals surface area contributed by atoms with Gasteiger partial charge in [0.25, 0.3) is 5.91 Å². The van der Waals surface area contributed by atoms with Crippen LogP contribution in [0.15, 0.2) is 48.6 Å². The average Bonchev–Trinajstić information content (AvgIpc) is 3.29. The molecule has 2 amide bonds. The van der Waals surface area contributed by atoms with Crippen LogP contribution >= 0.6 is 0 Å². The Morgan fingerprint density at radius 2 is 1.87 bits per heavy atom. The lowest BCUT2D eigenvalue weighted by atomic mass is 9.78. The second kappa shape index (κ2) is 10.5. The maximum absolute atomic E-state index is 14.4. The van der Waals surface area contributed by atoms with Crippen LogP contribution in [0.4, 0.5) is 5.69 Å². The van der Waals surface area contributed by atoms with Gasteiger partial charge >= 0.3 is 5.97 Å². The quantitative estimate of drug-likeness (QED) is 0.466. The van der Waals surface area contributed by atoms with E-state index in [4.69, 9.17) is 14.2 Å². The van der Waals surface area contributed by atoms with Crippen LogP contribution in [0, 0.1) is 17.8 Å². The minimum absolute atomic E-state index is 0.138. The molecule has 0 aliphatic carbocycles. The summed E-state index contributed by atoms with van der Waals surface area (Å²) < 4.78 is 17.5. The fraction of sp³-hybridized carbons (Fsp3) is 0.552. The van der Waals surface area contributed by atoms with Crippen molar-refractivity contribution in [1.82, 2.24) is 4.90 Å². The lowest BCUT2D eigenvalue weighted by Crippen LogP contribution is -2.59. The Labute approximate surface area is 223 Å². The highest BCUT2D eigenvalue weighted by Gasteiger charge is 2.72. The van der Waals surface area contributed by atoms with Gasteiger partial charge in [-0.05, 0) is 49.4 Å². The molecular formula is C29H36N2O7. The second-order valence-corrected chi connectivity index (χ2v) is 10.7. The zero-order valence-corrected chi connectivity index (χ0v) is 22.1. The highest BCUT2D eigenvalue weighted by atomic mass is 16.6. The molecule has 2 fully saturated rings. The number of aliphatic hydroxyl groups excluding tert-OH is 1. The summed E-state index contributed by atoms with van der Waals surface area (Å²) in [4.78, 5) is 45.2. The number of esters is 1. The third kappa shape index (κ3) is 4.22. The smallest absolute Gasteiger partial charge is 0.312 e. The van der Waals surface area contributed by atoms with E-state index in [1.54, 1.807) is 42.4 Å². The first-order valence-electron chi connectivity index (χ1n) is 13.4. The number of carbonyl (C=O) groups is 3. The van der Waals surface area contributed by atoms with Crippen LogP contribution in [0.25, 0.3) is 0 Å². The zero-order valence-electron chi connectivity index (χ0n) is 22.1. The largest absolute Gasteiger partial charge is 0.497 e. The molecule has 4 aliphatic rings. The molecule has 1 aromatic rings. The first-order chi connectivity index (χ1) is 18.3. The summed E-state index contributed by atoms with van der Waals surface area (Å²) in [5, 5.41) is 10.4. The average molecular weight is 525 g/mol. The van der Waals surface area contributed by atoms with Crippen molar-refractivity contribution >= 4 is 23.5 Å². The van der Waals surface area contributed by atoms with Gasteiger partial charge in [-0.3, -0.25) is 14.4 Å². The van der Waals surface area contributed by atoms with Crippen molar-refractivity contribution in [2.75, 3.05) is 31.8 Å². The molecule has 1 aromatic carbocycles. The predicted octanol–water partition coefficient (Wildman–Crippen LogP) is 2.48. The number of allylic oxidation sites excluding steroid dienone is 1. The molecule has 38 heavy (non-hydrogen) atoms. The number of methoxy groups -OCH3 is 1. The molecule has 4 aliphatic heterocycles. The molecule has 0 aromatic heterocycles. The Hall–Kier alpha value is -3.17. The van der Waals surface area contributed by atoms with E-state index in [2.05, 4.69) is 0 Å². The van der Waals surface area contributed by atoms with Crippen LogP contribution in [0.3, 0.4) is 0 Å². The number of cyclic esters (lactones) is 1. The molecule has 0 radical (unpaired) electrons. The zero-order chi connectivity index (χ0) is 27.0. The molecule has 1 spiro atoms. The molecule has 9 nitrogen and oxygen atoms in total. The van der Waals surface area contributed by atoms with E-state index in [1.165, 1.54) is 4.90 Å². The number of anilines is 1. The summed E-state index contributed by atoms with van der Waals surface area (Å²) in [6.45, 7) is 4.03. The fourth-order valence-corrected chi connectivity index (χ4v) is 6.33. The van der Waals surface area contributed by atoms with Crippen LogP contribution in [-0.4, -0.2) is 78.4 Å². The molecule has 204 valence electrons.